The predicted octanol–water partition coefficient (Wildman–Crippen LogP) is 13.2. The zero-order valence-corrected chi connectivity index (χ0v) is 42.0. The van der Waals surface area contributed by atoms with E-state index in [1.807, 2.05) is 54.6 Å². The molecule has 5 aliphatic rings. The Morgan fingerprint density at radius 3 is 1.39 bits per heavy atom. The molecule has 0 radical (unpaired) electrons. The molecule has 2 unspecified atom stereocenters. The van der Waals surface area contributed by atoms with Gasteiger partial charge in [-0.05, 0) is 125 Å². The summed E-state index contributed by atoms with van der Waals surface area (Å²) in [5, 5.41) is 2.26. The quantitative estimate of drug-likeness (QED) is 0.0382. The molecule has 17 heteroatoms. The molecule has 9 rings (SSSR count). The predicted molar refractivity (Wildman–Crippen MR) is 266 cm³/mol. The van der Waals surface area contributed by atoms with Gasteiger partial charge < -0.3 is 34.3 Å². The Morgan fingerprint density at radius 1 is 0.611 bits per heavy atom. The van der Waals surface area contributed by atoms with Crippen molar-refractivity contribution in [3.8, 4) is 23.0 Å². The van der Waals surface area contributed by atoms with E-state index in [4.69, 9.17) is 29.4 Å². The zero-order chi connectivity index (χ0) is 51.8. The van der Waals surface area contributed by atoms with Crippen molar-refractivity contribution in [3.05, 3.63) is 119 Å². The number of halogens is 6. The summed E-state index contributed by atoms with van der Waals surface area (Å²) in [6.07, 6.45) is 2.56. The first-order valence-electron chi connectivity index (χ1n) is 25.3. The van der Waals surface area contributed by atoms with Gasteiger partial charge in [0.15, 0.2) is 5.34 Å². The van der Waals surface area contributed by atoms with E-state index in [0.29, 0.717) is 55.5 Å². The van der Waals surface area contributed by atoms with Gasteiger partial charge in [0.05, 0.1) is 11.1 Å². The second kappa shape index (κ2) is 26.1. The van der Waals surface area contributed by atoms with E-state index in [1.54, 1.807) is 12.1 Å². The van der Waals surface area contributed by atoms with Gasteiger partial charge in [-0.15, -0.1) is 4.91 Å². The van der Waals surface area contributed by atoms with Gasteiger partial charge in [0.2, 0.25) is 0 Å². The Hall–Kier alpha value is -5.26. The number of piperidine rings is 2. The molecular formula is C55H72F6N4O7. The Balaban J connectivity index is 0.000000189. The summed E-state index contributed by atoms with van der Waals surface area (Å²) in [5.74, 6) is 2.07. The molecule has 6 atom stereocenters. The molecule has 0 aliphatic carbocycles. The van der Waals surface area contributed by atoms with Crippen molar-refractivity contribution in [2.45, 2.75) is 146 Å². The van der Waals surface area contributed by atoms with Crippen LogP contribution in [0, 0.1) is 10.8 Å². The molecule has 0 saturated carbocycles. The number of anilines is 1. The fourth-order valence-electron chi connectivity index (χ4n) is 10.6. The molecule has 396 valence electrons. The maximum atomic E-state index is 13.1. The van der Waals surface area contributed by atoms with E-state index < -0.39 is 23.5 Å². The molecular weight excluding hydrogens is 943 g/mol. The fourth-order valence-corrected chi connectivity index (χ4v) is 10.6. The highest BCUT2D eigenvalue weighted by Crippen LogP contribution is 2.45. The lowest BCUT2D eigenvalue weighted by atomic mass is 9.87. The standard InChI is InChI=1S/C23H27F3N2O2.C23H26F3NO2.C5H11NO2.C4H8O/c1-22(30-19-10-6-16(27)7-11-19)14-17-8-9-18(15-22)28(17)12-13-29-21-5-3-2-4-20(21)23(24,25)26;1-22(29-19-7-3-2-4-8-19)15-17-11-12-18(16-22)27(17)13-14-28-21-10-6-5-9-20(21)23(24,25)26;1-5(2)3-4-8-6-7;1-2-4-5-3-1/h2-7,10-11,17-18H,8-9,12-15,27H2,1H3;2-10,17-18H,11-16H2,1H3;5H,3-4H2,1-2H3;1-4H2/t2*17-,18+,22?;;. The Morgan fingerprint density at radius 2 is 1.01 bits per heavy atom. The van der Waals surface area contributed by atoms with Crippen molar-refractivity contribution >= 4 is 5.69 Å². The zero-order valence-electron chi connectivity index (χ0n) is 42.0. The number of alkyl halides is 6. The van der Waals surface area contributed by atoms with Gasteiger partial charge in [-0.25, -0.2) is 0 Å². The number of fused-ring (bicyclic) bond motifs is 4. The van der Waals surface area contributed by atoms with Crippen LogP contribution >= 0.6 is 0 Å². The Bertz CT molecular complexity index is 2200. The summed E-state index contributed by atoms with van der Waals surface area (Å²) < 4.78 is 107. The molecule has 72 heavy (non-hydrogen) atoms. The summed E-state index contributed by atoms with van der Waals surface area (Å²) in [5.41, 5.74) is 4.53. The average Bonchev–Trinajstić information content (AvgIpc) is 4.06. The number of para-hydroxylation sites is 3. The third-order valence-corrected chi connectivity index (χ3v) is 13.8. The minimum absolute atomic E-state index is 0.0957. The molecule has 5 heterocycles. The minimum atomic E-state index is -4.41. The topological polar surface area (TPSA) is 117 Å². The molecule has 5 aliphatic heterocycles. The summed E-state index contributed by atoms with van der Waals surface area (Å²) in [4.78, 5) is 18.3. The molecule has 0 amide bonds. The summed E-state index contributed by atoms with van der Waals surface area (Å²) in [6.45, 7) is 12.6. The normalized spacial score (nSPS) is 24.7. The van der Waals surface area contributed by atoms with E-state index in [9.17, 15) is 31.2 Å². The maximum absolute atomic E-state index is 13.1. The largest absolute Gasteiger partial charge is 0.492 e. The number of nitrogens with two attached hydrogens (primary N) is 1. The van der Waals surface area contributed by atoms with Crippen LogP contribution in [0.5, 0.6) is 23.0 Å². The van der Waals surface area contributed by atoms with Gasteiger partial charge >= 0.3 is 12.4 Å². The number of ether oxygens (including phenoxy) is 5. The number of benzene rings is 4. The van der Waals surface area contributed by atoms with Crippen LogP contribution in [0.1, 0.15) is 109 Å². The second-order valence-electron chi connectivity index (χ2n) is 20.1. The highest BCUT2D eigenvalue weighted by Gasteiger charge is 2.49. The molecule has 4 aromatic rings. The van der Waals surface area contributed by atoms with Gasteiger partial charge in [-0.2, -0.15) is 26.3 Å². The monoisotopic (exact) mass is 1010 g/mol. The van der Waals surface area contributed by atoms with Gasteiger partial charge in [0.1, 0.15) is 54.0 Å². The van der Waals surface area contributed by atoms with Crippen molar-refractivity contribution in [1.29, 1.82) is 0 Å². The van der Waals surface area contributed by atoms with E-state index in [-0.39, 0.29) is 35.9 Å². The van der Waals surface area contributed by atoms with Crippen LogP contribution in [-0.2, 0) is 21.9 Å². The molecule has 5 fully saturated rings. The Labute approximate surface area is 420 Å². The first-order chi connectivity index (χ1) is 34.3. The van der Waals surface area contributed by atoms with Crippen molar-refractivity contribution in [1.82, 2.24) is 9.80 Å². The summed E-state index contributed by atoms with van der Waals surface area (Å²) in [7, 11) is 0. The number of nitrogens with zero attached hydrogens (tertiary/aromatic N) is 3. The highest BCUT2D eigenvalue weighted by molar-refractivity contribution is 5.42. The van der Waals surface area contributed by atoms with Gasteiger partial charge in [-0.1, -0.05) is 56.3 Å². The van der Waals surface area contributed by atoms with Crippen molar-refractivity contribution in [2.24, 2.45) is 11.3 Å². The molecule has 2 N–H and O–H groups in total. The number of rotatable bonds is 16. The fraction of sp³-hybridized carbons (Fsp3) is 0.564. The second-order valence-corrected chi connectivity index (χ2v) is 20.1. The lowest BCUT2D eigenvalue weighted by molar-refractivity contribution is -0.139. The van der Waals surface area contributed by atoms with E-state index in [0.717, 1.165) is 94.6 Å². The van der Waals surface area contributed by atoms with Crippen LogP contribution in [0.2, 0.25) is 0 Å². The lowest BCUT2D eigenvalue weighted by Crippen LogP contribution is -2.53. The van der Waals surface area contributed by atoms with Gasteiger partial charge in [0.25, 0.3) is 0 Å². The van der Waals surface area contributed by atoms with Crippen LogP contribution in [-0.4, -0.2) is 91.3 Å². The average molecular weight is 1020 g/mol. The van der Waals surface area contributed by atoms with Crippen LogP contribution < -0.4 is 24.7 Å². The van der Waals surface area contributed by atoms with Gasteiger partial charge in [0, 0.05) is 81.8 Å². The minimum Gasteiger partial charge on any atom is -0.492 e. The molecule has 4 bridgehead atoms. The smallest absolute Gasteiger partial charge is 0.419 e. The highest BCUT2D eigenvalue weighted by atomic mass is 19.4. The Kier molecular flexibility index (Phi) is 20.3. The maximum Gasteiger partial charge on any atom is 0.419 e. The SMILES string of the molecule is C1CCOC1.CC(C)CCON=O.CC1(Oc2ccc(N)cc2)C[C@H]2CC[C@@H](C1)N2CCOc1ccccc1C(F)(F)F.CC1(Oc2ccccc2)C[C@H]2CC[C@@H](C1)N2CCOc1ccccc1C(F)(F)F. The summed E-state index contributed by atoms with van der Waals surface area (Å²) >= 11 is 0. The first kappa shape index (κ1) is 56.0. The third-order valence-electron chi connectivity index (χ3n) is 13.8. The molecule has 4 aromatic carbocycles. The van der Waals surface area contributed by atoms with E-state index >= 15 is 0 Å². The van der Waals surface area contributed by atoms with Gasteiger partial charge in [-0.3, -0.25) is 9.80 Å². The van der Waals surface area contributed by atoms with Crippen LogP contribution in [0.4, 0.5) is 32.0 Å². The third kappa shape index (κ3) is 16.9. The van der Waals surface area contributed by atoms with Crippen molar-refractivity contribution < 1.29 is 54.9 Å². The summed E-state index contributed by atoms with van der Waals surface area (Å²) in [6, 6.07) is 29.6. The van der Waals surface area contributed by atoms with Crippen molar-refractivity contribution in [3.63, 3.8) is 0 Å². The number of hydrogen-bond acceptors (Lipinski definition) is 11. The van der Waals surface area contributed by atoms with Crippen LogP contribution in [0.25, 0.3) is 0 Å². The van der Waals surface area contributed by atoms with E-state index in [1.165, 1.54) is 37.1 Å². The molecule has 11 nitrogen and oxygen atoms in total. The number of nitrogen functional groups attached to an aromatic ring is 1. The van der Waals surface area contributed by atoms with Crippen molar-refractivity contribution in [2.75, 3.05) is 51.9 Å². The van der Waals surface area contributed by atoms with Crippen LogP contribution in [0.3, 0.4) is 0 Å². The molecule has 5 saturated heterocycles. The lowest BCUT2D eigenvalue weighted by Gasteiger charge is -2.44. The first-order valence-corrected chi connectivity index (χ1v) is 25.3. The molecule has 0 spiro atoms. The molecule has 0 aromatic heterocycles. The van der Waals surface area contributed by atoms with Crippen LogP contribution in [0.15, 0.2) is 108 Å². The number of hydrogen-bond donors (Lipinski definition) is 1. The van der Waals surface area contributed by atoms with E-state index in [2.05, 4.69) is 47.7 Å².